The van der Waals surface area contributed by atoms with E-state index >= 15 is 0 Å². The van der Waals surface area contributed by atoms with Crippen molar-refractivity contribution in [2.45, 2.75) is 6.92 Å². The lowest BCUT2D eigenvalue weighted by atomic mass is 10.5. The fourth-order valence-electron chi connectivity index (χ4n) is 0.324. The highest BCUT2D eigenvalue weighted by atomic mass is 31.2. The van der Waals surface area contributed by atoms with Gasteiger partial charge in [-0.05, 0) is 13.0 Å². The van der Waals surface area contributed by atoms with E-state index in [9.17, 15) is 4.79 Å². The molecule has 0 fully saturated rings. The molecule has 0 amide bonds. The normalized spacial score (nSPS) is 11.8. The van der Waals surface area contributed by atoms with Crippen molar-refractivity contribution in [1.82, 2.24) is 0 Å². The molecule has 0 spiro atoms. The van der Waals surface area contributed by atoms with Gasteiger partial charge in [0, 0.05) is 0 Å². The number of aliphatic carboxylic acids is 1. The lowest BCUT2D eigenvalue weighted by Gasteiger charge is -1.96. The first kappa shape index (κ1) is 9.36. The molecule has 0 aromatic carbocycles. The summed E-state index contributed by atoms with van der Waals surface area (Å²) in [5, 5.41) is 8.22. The fraction of sp³-hybridized carbons (Fsp3) is 0.250. The zero-order chi connectivity index (χ0) is 8.15. The summed E-state index contributed by atoms with van der Waals surface area (Å²) < 4.78 is 4.14. The van der Waals surface area contributed by atoms with E-state index in [2.05, 4.69) is 4.52 Å². The lowest BCUT2D eigenvalue weighted by Crippen LogP contribution is -2.01. The number of hydrogen-bond donors (Lipinski definition) is 3. The van der Waals surface area contributed by atoms with Gasteiger partial charge in [-0.3, -0.25) is 4.52 Å². The molecule has 0 unspecified atom stereocenters. The Hall–Kier alpha value is -0.640. The van der Waals surface area contributed by atoms with Gasteiger partial charge in [0.05, 0.1) is 0 Å². The smallest absolute Gasteiger partial charge is 0.439 e. The molecule has 0 heterocycles. The molecule has 0 saturated heterocycles. The molecule has 5 nitrogen and oxygen atoms in total. The van der Waals surface area contributed by atoms with Gasteiger partial charge >= 0.3 is 14.6 Å². The van der Waals surface area contributed by atoms with Gasteiger partial charge in [-0.25, -0.2) is 4.79 Å². The minimum atomic E-state index is -2.94. The van der Waals surface area contributed by atoms with Gasteiger partial charge in [0.2, 0.25) is 0 Å². The van der Waals surface area contributed by atoms with Crippen LogP contribution in [0.25, 0.3) is 0 Å². The highest BCUT2D eigenvalue weighted by Gasteiger charge is 2.16. The Morgan fingerprint density at radius 2 is 2.10 bits per heavy atom. The van der Waals surface area contributed by atoms with Crippen molar-refractivity contribution in [2.75, 3.05) is 0 Å². The number of allylic oxidation sites excluding steroid dienone is 1. The second-order valence-electron chi connectivity index (χ2n) is 1.34. The third-order valence-corrected chi connectivity index (χ3v) is 1.08. The number of rotatable bonds is 3. The summed E-state index contributed by atoms with van der Waals surface area (Å²) in [4.78, 5) is 26.5. The summed E-state index contributed by atoms with van der Waals surface area (Å²) >= 11 is 0. The number of hydrogen-bond acceptors (Lipinski definition) is 4. The average Bonchev–Trinajstić information content (AvgIpc) is 1.81. The molecule has 0 aliphatic carbocycles. The van der Waals surface area contributed by atoms with Gasteiger partial charge in [0.25, 0.3) is 5.76 Å². The van der Waals surface area contributed by atoms with Crippen LogP contribution < -0.4 is 0 Å². The molecule has 0 atom stereocenters. The van der Waals surface area contributed by atoms with Crippen LogP contribution in [-0.2, 0) is 9.32 Å². The summed E-state index contributed by atoms with van der Waals surface area (Å²) in [6, 6.07) is 0. The Bertz CT molecular complexity index is 152. The molecule has 0 aromatic rings. The zero-order valence-electron chi connectivity index (χ0n) is 5.24. The predicted octanol–water partition coefficient (Wildman–Crippen LogP) is -0.0648. The van der Waals surface area contributed by atoms with E-state index in [4.69, 9.17) is 14.9 Å². The van der Waals surface area contributed by atoms with Crippen LogP contribution in [-0.4, -0.2) is 20.9 Å². The van der Waals surface area contributed by atoms with Crippen molar-refractivity contribution in [2.24, 2.45) is 0 Å². The van der Waals surface area contributed by atoms with Crippen LogP contribution in [0, 0.1) is 0 Å². The largest absolute Gasteiger partial charge is 0.475 e. The third kappa shape index (κ3) is 3.40. The second kappa shape index (κ2) is 4.22. The first-order valence-corrected chi connectivity index (χ1v) is 3.70. The fourth-order valence-corrected chi connectivity index (χ4v) is 0.726. The van der Waals surface area contributed by atoms with Crippen molar-refractivity contribution in [3.05, 3.63) is 11.8 Å². The Balaban J connectivity index is 3.99. The number of carboxylic acids is 1. The van der Waals surface area contributed by atoms with Crippen molar-refractivity contribution in [3.8, 4) is 0 Å². The van der Waals surface area contributed by atoms with Gasteiger partial charge in [-0.1, -0.05) is 0 Å². The number of carbonyl (C=O) groups is 1. The summed E-state index contributed by atoms with van der Waals surface area (Å²) in [6.45, 7) is 1.42. The molecule has 58 valence electrons. The third-order valence-electron chi connectivity index (χ3n) is 0.674. The van der Waals surface area contributed by atoms with Crippen LogP contribution in [0.5, 0.6) is 0 Å². The van der Waals surface area contributed by atoms with E-state index in [0.717, 1.165) is 6.08 Å². The summed E-state index contributed by atoms with van der Waals surface area (Å²) in [5.41, 5.74) is 0. The Morgan fingerprint density at radius 3 is 2.20 bits per heavy atom. The zero-order valence-corrected chi connectivity index (χ0v) is 6.24. The first-order chi connectivity index (χ1) is 4.57. The standard InChI is InChI=1S/C4H7O5P/c1-2-3(4(5)6)9-10(7)8/h2,7-8,10H,1H3/p+1. The van der Waals surface area contributed by atoms with E-state index < -0.39 is 20.3 Å². The van der Waals surface area contributed by atoms with E-state index in [0.29, 0.717) is 0 Å². The second-order valence-corrected chi connectivity index (χ2v) is 2.11. The molecule has 0 radical (unpaired) electrons. The molecule has 0 aliphatic rings. The molecule has 0 aliphatic heterocycles. The van der Waals surface area contributed by atoms with Crippen LogP contribution in [0.15, 0.2) is 11.8 Å². The van der Waals surface area contributed by atoms with Gasteiger partial charge in [-0.2, -0.15) is 9.79 Å². The molecular weight excluding hydrogens is 159 g/mol. The highest BCUT2D eigenvalue weighted by molar-refractivity contribution is 7.39. The minimum Gasteiger partial charge on any atom is -0.475 e. The quantitative estimate of drug-likeness (QED) is 0.311. The van der Waals surface area contributed by atoms with E-state index in [1.54, 1.807) is 0 Å². The molecule has 0 rings (SSSR count). The van der Waals surface area contributed by atoms with Crippen molar-refractivity contribution in [3.63, 3.8) is 0 Å². The summed E-state index contributed by atoms with van der Waals surface area (Å²) in [6.07, 6.45) is 1.14. The van der Waals surface area contributed by atoms with Gasteiger partial charge in [-0.15, -0.1) is 0 Å². The molecular formula is C4H8O5P+. The Kier molecular flexibility index (Phi) is 3.95. The van der Waals surface area contributed by atoms with Crippen LogP contribution in [0.2, 0.25) is 0 Å². The topological polar surface area (TPSA) is 87.0 Å². The monoisotopic (exact) mass is 167 g/mol. The number of carboxylic acid groups (broad SMARTS) is 1. The maximum atomic E-state index is 10.1. The van der Waals surface area contributed by atoms with Gasteiger partial charge in [0.1, 0.15) is 0 Å². The van der Waals surface area contributed by atoms with E-state index in [1.807, 2.05) is 0 Å². The summed E-state index contributed by atoms with van der Waals surface area (Å²) in [7, 11) is -2.94. The maximum Gasteiger partial charge on any atom is 0.439 e. The van der Waals surface area contributed by atoms with Crippen LogP contribution in [0.1, 0.15) is 6.92 Å². The Labute approximate surface area is 58.6 Å². The van der Waals surface area contributed by atoms with Crippen molar-refractivity contribution in [1.29, 1.82) is 0 Å². The van der Waals surface area contributed by atoms with Crippen LogP contribution >= 0.6 is 8.60 Å². The predicted molar refractivity (Wildman–Crippen MR) is 35.2 cm³/mol. The summed E-state index contributed by atoms with van der Waals surface area (Å²) in [5.74, 6) is -1.76. The molecule has 0 aromatic heterocycles. The highest BCUT2D eigenvalue weighted by Crippen LogP contribution is 2.28. The van der Waals surface area contributed by atoms with E-state index in [1.165, 1.54) is 6.92 Å². The van der Waals surface area contributed by atoms with Crippen molar-refractivity contribution < 1.29 is 24.2 Å². The average molecular weight is 167 g/mol. The minimum absolute atomic E-state index is 0.445. The van der Waals surface area contributed by atoms with Crippen LogP contribution in [0.3, 0.4) is 0 Å². The first-order valence-electron chi connectivity index (χ1n) is 2.40. The van der Waals surface area contributed by atoms with Gasteiger partial charge < -0.3 is 5.11 Å². The lowest BCUT2D eigenvalue weighted by molar-refractivity contribution is -0.135. The van der Waals surface area contributed by atoms with Gasteiger partial charge in [0.15, 0.2) is 0 Å². The molecule has 10 heavy (non-hydrogen) atoms. The van der Waals surface area contributed by atoms with Crippen LogP contribution in [0.4, 0.5) is 0 Å². The Morgan fingerprint density at radius 1 is 1.60 bits per heavy atom. The molecule has 0 bridgehead atoms. The maximum absolute atomic E-state index is 10.1. The molecule has 0 saturated carbocycles. The van der Waals surface area contributed by atoms with E-state index in [-0.39, 0.29) is 0 Å². The SMILES string of the molecule is CC=C(O[PH+](O)O)C(=O)O. The van der Waals surface area contributed by atoms with Crippen molar-refractivity contribution >= 4 is 14.6 Å². The molecule has 6 heteroatoms. The molecule has 3 N–H and O–H groups in total.